The lowest BCUT2D eigenvalue weighted by Crippen LogP contribution is -2.55. The Morgan fingerprint density at radius 2 is 1.74 bits per heavy atom. The van der Waals surface area contributed by atoms with Gasteiger partial charge in [0, 0.05) is 31.4 Å². The fraction of sp³-hybridized carbons (Fsp3) is 0.500. The van der Waals surface area contributed by atoms with E-state index in [0.717, 1.165) is 21.4 Å². The van der Waals surface area contributed by atoms with Crippen molar-refractivity contribution in [2.75, 3.05) is 12.3 Å². The Hall–Kier alpha value is -3.93. The van der Waals surface area contributed by atoms with Gasteiger partial charge in [-0.2, -0.15) is 0 Å². The van der Waals surface area contributed by atoms with Crippen molar-refractivity contribution in [2.24, 2.45) is 0 Å². The van der Waals surface area contributed by atoms with Crippen molar-refractivity contribution in [2.45, 2.75) is 78.6 Å². The van der Waals surface area contributed by atoms with Crippen molar-refractivity contribution in [3.05, 3.63) is 30.1 Å². The number of rotatable bonds is 9. The molecular formula is C26H37N7O5. The number of carboxylic acid groups (broad SMARTS) is 1. The number of nitrogen functional groups attached to an aromatic ring is 1. The van der Waals surface area contributed by atoms with Crippen LogP contribution in [0.2, 0.25) is 0 Å². The van der Waals surface area contributed by atoms with E-state index in [-0.39, 0.29) is 25.4 Å². The summed E-state index contributed by atoms with van der Waals surface area (Å²) in [5, 5.41) is 14.0. The van der Waals surface area contributed by atoms with Crippen LogP contribution >= 0.6 is 0 Å². The van der Waals surface area contributed by atoms with Gasteiger partial charge < -0.3 is 25.5 Å². The first kappa shape index (κ1) is 28.6. The summed E-state index contributed by atoms with van der Waals surface area (Å²) < 4.78 is 7.64. The first-order valence-electron chi connectivity index (χ1n) is 12.5. The maximum Gasteiger partial charge on any atom is 0.426 e. The van der Waals surface area contributed by atoms with Gasteiger partial charge in [0.15, 0.2) is 5.82 Å². The average molecular weight is 528 g/mol. The largest absolute Gasteiger partial charge is 0.464 e. The molecule has 3 amide bonds. The molecule has 1 aromatic carbocycles. The second-order valence-electron chi connectivity index (χ2n) is 10.7. The highest BCUT2D eigenvalue weighted by Gasteiger charge is 2.29. The summed E-state index contributed by atoms with van der Waals surface area (Å²) in [5.41, 5.74) is 9.14. The van der Waals surface area contributed by atoms with E-state index >= 15 is 0 Å². The summed E-state index contributed by atoms with van der Waals surface area (Å²) in [6.45, 7) is 11.7. The maximum absolute atomic E-state index is 12.8. The number of hydrogen-bond donors (Lipinski definition) is 4. The molecule has 0 radical (unpaired) electrons. The third kappa shape index (κ3) is 6.68. The molecule has 206 valence electrons. The first-order valence-corrected chi connectivity index (χ1v) is 12.5. The van der Waals surface area contributed by atoms with E-state index in [1.54, 1.807) is 20.8 Å². The number of nitrogens with one attached hydrogen (secondary N) is 2. The highest BCUT2D eigenvalue weighted by atomic mass is 16.5. The fourth-order valence-electron chi connectivity index (χ4n) is 4.16. The molecule has 3 rings (SSSR count). The number of hydrazine groups is 1. The lowest BCUT2D eigenvalue weighted by Gasteiger charge is -2.32. The lowest BCUT2D eigenvalue weighted by molar-refractivity contribution is -0.130. The quantitative estimate of drug-likeness (QED) is 0.308. The zero-order chi connectivity index (χ0) is 28.3. The maximum atomic E-state index is 12.8. The average Bonchev–Trinajstić information content (AvgIpc) is 3.17. The predicted molar refractivity (Wildman–Crippen MR) is 144 cm³/mol. The molecule has 0 aliphatic carbocycles. The SMILES string of the molecule is CCOCc1nc2c(N)nc3ccccc3c2n1CC(C)(C)NC(=O)CCC(=O)NN(C(=O)O)C(C)(C)C. The molecule has 3 aromatic rings. The minimum absolute atomic E-state index is 0.108. The number of carbonyl (C=O) groups is 3. The van der Waals surface area contributed by atoms with E-state index in [4.69, 9.17) is 15.5 Å². The number of carbonyl (C=O) groups excluding carboxylic acids is 2. The molecule has 2 heterocycles. The number of anilines is 1. The number of pyridine rings is 1. The Morgan fingerprint density at radius 1 is 1.08 bits per heavy atom. The minimum Gasteiger partial charge on any atom is -0.464 e. The van der Waals surface area contributed by atoms with Crippen LogP contribution in [-0.2, 0) is 27.5 Å². The molecular weight excluding hydrogens is 490 g/mol. The van der Waals surface area contributed by atoms with Crippen LogP contribution in [0.1, 0.15) is 60.2 Å². The smallest absolute Gasteiger partial charge is 0.426 e. The van der Waals surface area contributed by atoms with Gasteiger partial charge >= 0.3 is 6.09 Å². The molecule has 38 heavy (non-hydrogen) atoms. The van der Waals surface area contributed by atoms with Gasteiger partial charge in [0.25, 0.3) is 0 Å². The number of hydrogen-bond acceptors (Lipinski definition) is 7. The molecule has 0 saturated heterocycles. The molecule has 12 nitrogen and oxygen atoms in total. The second-order valence-corrected chi connectivity index (χ2v) is 10.7. The molecule has 0 fully saturated rings. The predicted octanol–water partition coefficient (Wildman–Crippen LogP) is 3.19. The topological polar surface area (TPSA) is 165 Å². The highest BCUT2D eigenvalue weighted by molar-refractivity contribution is 6.06. The van der Waals surface area contributed by atoms with E-state index in [2.05, 4.69) is 15.7 Å². The summed E-state index contributed by atoms with van der Waals surface area (Å²) in [7, 11) is 0. The van der Waals surface area contributed by atoms with Crippen molar-refractivity contribution in [3.63, 3.8) is 0 Å². The van der Waals surface area contributed by atoms with Crippen LogP contribution in [0.25, 0.3) is 21.9 Å². The molecule has 0 bridgehead atoms. The Balaban J connectivity index is 1.79. The zero-order valence-corrected chi connectivity index (χ0v) is 22.8. The van der Waals surface area contributed by atoms with Crippen molar-refractivity contribution in [1.29, 1.82) is 0 Å². The number of benzene rings is 1. The van der Waals surface area contributed by atoms with Crippen LogP contribution in [0.15, 0.2) is 24.3 Å². The first-order chi connectivity index (χ1) is 17.7. The van der Waals surface area contributed by atoms with E-state index in [0.29, 0.717) is 30.3 Å². The lowest BCUT2D eigenvalue weighted by atomic mass is 10.0. The molecule has 0 spiro atoms. The van der Waals surface area contributed by atoms with Gasteiger partial charge in [-0.25, -0.2) is 19.8 Å². The number of ether oxygens (including phenoxy) is 1. The van der Waals surface area contributed by atoms with Gasteiger partial charge in [0.05, 0.1) is 22.1 Å². The Labute approximate surface area is 221 Å². The number of para-hydroxylation sites is 1. The molecule has 0 aliphatic heterocycles. The third-order valence-corrected chi connectivity index (χ3v) is 5.83. The number of nitrogens with two attached hydrogens (primary N) is 1. The van der Waals surface area contributed by atoms with Gasteiger partial charge in [-0.3, -0.25) is 15.0 Å². The normalized spacial score (nSPS) is 12.1. The van der Waals surface area contributed by atoms with Crippen molar-refractivity contribution >= 4 is 45.7 Å². The Bertz CT molecular complexity index is 1340. The van der Waals surface area contributed by atoms with E-state index in [1.165, 1.54) is 0 Å². The van der Waals surface area contributed by atoms with Gasteiger partial charge in [0.2, 0.25) is 11.8 Å². The zero-order valence-electron chi connectivity index (χ0n) is 22.8. The van der Waals surface area contributed by atoms with Gasteiger partial charge in [-0.1, -0.05) is 18.2 Å². The van der Waals surface area contributed by atoms with Crippen LogP contribution in [0.5, 0.6) is 0 Å². The summed E-state index contributed by atoms with van der Waals surface area (Å²) in [4.78, 5) is 45.8. The Kier molecular flexibility index (Phi) is 8.45. The number of nitrogens with zero attached hydrogens (tertiary/aromatic N) is 4. The number of amides is 3. The number of aromatic nitrogens is 3. The van der Waals surface area contributed by atoms with Crippen molar-refractivity contribution in [3.8, 4) is 0 Å². The van der Waals surface area contributed by atoms with E-state index in [1.807, 2.05) is 49.6 Å². The monoisotopic (exact) mass is 527 g/mol. The fourth-order valence-corrected chi connectivity index (χ4v) is 4.16. The van der Waals surface area contributed by atoms with E-state index < -0.39 is 23.1 Å². The van der Waals surface area contributed by atoms with Crippen LogP contribution < -0.4 is 16.5 Å². The van der Waals surface area contributed by atoms with Crippen molar-refractivity contribution < 1.29 is 24.2 Å². The highest BCUT2D eigenvalue weighted by Crippen LogP contribution is 2.30. The summed E-state index contributed by atoms with van der Waals surface area (Å²) >= 11 is 0. The molecule has 5 N–H and O–H groups in total. The van der Waals surface area contributed by atoms with Crippen LogP contribution in [0, 0.1) is 0 Å². The molecule has 12 heteroatoms. The van der Waals surface area contributed by atoms with E-state index in [9.17, 15) is 19.5 Å². The summed E-state index contributed by atoms with van der Waals surface area (Å²) in [6.07, 6.45) is -1.56. The molecule has 2 aromatic heterocycles. The Morgan fingerprint density at radius 3 is 2.37 bits per heavy atom. The number of imidazole rings is 1. The summed E-state index contributed by atoms with van der Waals surface area (Å²) in [6, 6.07) is 7.64. The van der Waals surface area contributed by atoms with Crippen molar-refractivity contribution in [1.82, 2.24) is 30.3 Å². The summed E-state index contributed by atoms with van der Waals surface area (Å²) in [5.74, 6) is 0.0620. The second kappa shape index (κ2) is 11.2. The van der Waals surface area contributed by atoms with Crippen LogP contribution in [0.4, 0.5) is 10.6 Å². The van der Waals surface area contributed by atoms with Crippen LogP contribution in [0.3, 0.4) is 0 Å². The molecule has 0 aliphatic rings. The third-order valence-electron chi connectivity index (χ3n) is 5.83. The van der Waals surface area contributed by atoms with Gasteiger partial charge in [-0.05, 0) is 47.6 Å². The standard InChI is InChI=1S/C26H37N7O5/c1-7-38-14-18-29-21-22(16-10-8-9-11-17(16)28-23(21)27)32(18)15-26(5,6)30-19(34)12-13-20(35)31-33(24(36)37)25(2,3)4/h8-11H,7,12-15H2,1-6H3,(H2,27,28)(H,30,34)(H,31,35)(H,36,37). The molecule has 0 saturated carbocycles. The van der Waals surface area contributed by atoms with Gasteiger partial charge in [0.1, 0.15) is 17.9 Å². The minimum atomic E-state index is -1.28. The van der Waals surface area contributed by atoms with Crippen LogP contribution in [-0.4, -0.2) is 60.2 Å². The molecule has 0 unspecified atom stereocenters. The van der Waals surface area contributed by atoms with Gasteiger partial charge in [-0.15, -0.1) is 0 Å². The molecule has 0 atom stereocenters. The number of fused-ring (bicyclic) bond motifs is 3.